The van der Waals surface area contributed by atoms with Gasteiger partial charge < -0.3 is 14.6 Å². The molecule has 0 unspecified atom stereocenters. The molecular formula is C15H14N2O7S2. The summed E-state index contributed by atoms with van der Waals surface area (Å²) in [7, 11) is 1.25. The Morgan fingerprint density at radius 1 is 1.50 bits per heavy atom. The molecule has 1 aliphatic heterocycles. The van der Waals surface area contributed by atoms with Gasteiger partial charge in [-0.05, 0) is 24.6 Å². The number of nitro groups is 1. The van der Waals surface area contributed by atoms with Crippen LogP contribution in [0.5, 0.6) is 11.5 Å². The SMILES string of the molecule is CCOC(=O)CN1C(=O)C(=Cc2cc(OC)c(O)c([N+](=O)[O-])c2)SC1=S. The molecule has 1 amide bonds. The normalized spacial score (nSPS) is 15.5. The Morgan fingerprint density at radius 2 is 2.19 bits per heavy atom. The molecule has 0 aromatic heterocycles. The highest BCUT2D eigenvalue weighted by molar-refractivity contribution is 8.26. The minimum absolute atomic E-state index is 0.104. The van der Waals surface area contributed by atoms with Crippen molar-refractivity contribution in [2.24, 2.45) is 0 Å². The van der Waals surface area contributed by atoms with Crippen molar-refractivity contribution in [3.05, 3.63) is 32.7 Å². The van der Waals surface area contributed by atoms with E-state index >= 15 is 0 Å². The summed E-state index contributed by atoms with van der Waals surface area (Å²) in [6.07, 6.45) is 1.37. The predicted molar refractivity (Wildman–Crippen MR) is 97.8 cm³/mol. The van der Waals surface area contributed by atoms with Crippen LogP contribution in [-0.2, 0) is 14.3 Å². The zero-order valence-electron chi connectivity index (χ0n) is 13.8. The molecular weight excluding hydrogens is 384 g/mol. The Bertz CT molecular complexity index is 822. The number of carbonyl (C=O) groups is 2. The molecule has 138 valence electrons. The minimum Gasteiger partial charge on any atom is -0.500 e. The van der Waals surface area contributed by atoms with E-state index in [2.05, 4.69) is 0 Å². The molecule has 0 radical (unpaired) electrons. The van der Waals surface area contributed by atoms with Crippen LogP contribution in [0.2, 0.25) is 0 Å². The van der Waals surface area contributed by atoms with E-state index in [0.29, 0.717) is 0 Å². The third kappa shape index (κ3) is 4.11. The van der Waals surface area contributed by atoms with Crippen molar-refractivity contribution < 1.29 is 29.1 Å². The molecule has 0 bridgehead atoms. The van der Waals surface area contributed by atoms with E-state index in [1.165, 1.54) is 19.3 Å². The summed E-state index contributed by atoms with van der Waals surface area (Å²) in [5.74, 6) is -1.81. The zero-order valence-corrected chi connectivity index (χ0v) is 15.4. The van der Waals surface area contributed by atoms with Crippen LogP contribution < -0.4 is 4.74 Å². The third-order valence-corrected chi connectivity index (χ3v) is 4.64. The number of phenols is 1. The Hall–Kier alpha value is -2.66. The van der Waals surface area contributed by atoms with Gasteiger partial charge in [-0.2, -0.15) is 0 Å². The van der Waals surface area contributed by atoms with Gasteiger partial charge in [-0.1, -0.05) is 24.0 Å². The Balaban J connectivity index is 2.34. The molecule has 0 aliphatic carbocycles. The first-order valence-corrected chi connectivity index (χ1v) is 8.47. The van der Waals surface area contributed by atoms with Crippen LogP contribution in [0.15, 0.2) is 17.0 Å². The van der Waals surface area contributed by atoms with Crippen molar-refractivity contribution in [1.29, 1.82) is 0 Å². The number of ether oxygens (including phenoxy) is 2. The first-order chi connectivity index (χ1) is 12.3. The first-order valence-electron chi connectivity index (χ1n) is 7.24. The van der Waals surface area contributed by atoms with E-state index in [1.807, 2.05) is 0 Å². The van der Waals surface area contributed by atoms with E-state index in [0.717, 1.165) is 22.7 Å². The highest BCUT2D eigenvalue weighted by atomic mass is 32.2. The molecule has 1 fully saturated rings. The van der Waals surface area contributed by atoms with Gasteiger partial charge in [0, 0.05) is 6.07 Å². The molecule has 11 heteroatoms. The number of phenolic OH excluding ortho intramolecular Hbond substituents is 1. The van der Waals surface area contributed by atoms with Crippen molar-refractivity contribution in [3.8, 4) is 11.5 Å². The third-order valence-electron chi connectivity index (χ3n) is 3.26. The second-order valence-electron chi connectivity index (χ2n) is 4.92. The lowest BCUT2D eigenvalue weighted by Gasteiger charge is -2.12. The van der Waals surface area contributed by atoms with Crippen LogP contribution in [0.1, 0.15) is 12.5 Å². The van der Waals surface area contributed by atoms with Gasteiger partial charge in [-0.3, -0.25) is 24.6 Å². The zero-order chi connectivity index (χ0) is 19.4. The van der Waals surface area contributed by atoms with Gasteiger partial charge in [-0.25, -0.2) is 0 Å². The van der Waals surface area contributed by atoms with Crippen molar-refractivity contribution in [2.45, 2.75) is 6.92 Å². The van der Waals surface area contributed by atoms with Gasteiger partial charge in [0.15, 0.2) is 5.75 Å². The maximum Gasteiger partial charge on any atom is 0.326 e. The largest absolute Gasteiger partial charge is 0.500 e. The number of thioether (sulfide) groups is 1. The van der Waals surface area contributed by atoms with Gasteiger partial charge in [0.25, 0.3) is 5.91 Å². The number of benzene rings is 1. The Labute approximate surface area is 157 Å². The first kappa shape index (κ1) is 19.7. The molecule has 0 saturated carbocycles. The molecule has 1 N–H and O–H groups in total. The number of rotatable bonds is 6. The number of methoxy groups -OCH3 is 1. The summed E-state index contributed by atoms with van der Waals surface area (Å²) >= 11 is 6.05. The van der Waals surface area contributed by atoms with Crippen LogP contribution in [0.25, 0.3) is 6.08 Å². The van der Waals surface area contributed by atoms with Crippen molar-refractivity contribution in [3.63, 3.8) is 0 Å². The lowest BCUT2D eigenvalue weighted by molar-refractivity contribution is -0.386. The molecule has 9 nitrogen and oxygen atoms in total. The summed E-state index contributed by atoms with van der Waals surface area (Å²) in [5.41, 5.74) is -0.291. The second kappa shape index (κ2) is 8.15. The molecule has 1 aromatic rings. The average molecular weight is 398 g/mol. The number of amides is 1. The number of carbonyl (C=O) groups excluding carboxylic acids is 2. The number of thiocarbonyl (C=S) groups is 1. The molecule has 2 rings (SSSR count). The maximum atomic E-state index is 12.4. The quantitative estimate of drug-likeness (QED) is 0.252. The molecule has 0 atom stereocenters. The number of nitrogens with zero attached hydrogens (tertiary/aromatic N) is 2. The standard InChI is InChI=1S/C15H14N2O7S2/c1-3-24-12(18)7-16-14(20)11(26-15(16)25)6-8-4-9(17(21)22)13(19)10(5-8)23-2/h4-6,19H,3,7H2,1-2H3. The lowest BCUT2D eigenvalue weighted by Crippen LogP contribution is -2.34. The van der Waals surface area contributed by atoms with Crippen LogP contribution >= 0.6 is 24.0 Å². The smallest absolute Gasteiger partial charge is 0.326 e. The fourth-order valence-electron chi connectivity index (χ4n) is 2.12. The number of aromatic hydroxyl groups is 1. The van der Waals surface area contributed by atoms with E-state index < -0.39 is 28.2 Å². The minimum atomic E-state index is -0.763. The van der Waals surface area contributed by atoms with Crippen LogP contribution in [0, 0.1) is 10.1 Å². The van der Waals surface area contributed by atoms with Crippen molar-refractivity contribution in [1.82, 2.24) is 4.90 Å². The van der Waals surface area contributed by atoms with Crippen molar-refractivity contribution >= 4 is 51.9 Å². The summed E-state index contributed by atoms with van der Waals surface area (Å²) < 4.78 is 9.89. The predicted octanol–water partition coefficient (Wildman–Crippen LogP) is 2.07. The Kier molecular flexibility index (Phi) is 6.16. The lowest BCUT2D eigenvalue weighted by atomic mass is 10.1. The van der Waals surface area contributed by atoms with Crippen LogP contribution in [0.3, 0.4) is 0 Å². The maximum absolute atomic E-state index is 12.4. The van der Waals surface area contributed by atoms with Gasteiger partial charge in [0.2, 0.25) is 5.75 Å². The fourth-order valence-corrected chi connectivity index (χ4v) is 3.37. The molecule has 1 aliphatic rings. The summed E-state index contributed by atoms with van der Waals surface area (Å²) in [6.45, 7) is 1.52. The molecule has 1 heterocycles. The second-order valence-corrected chi connectivity index (χ2v) is 6.60. The summed E-state index contributed by atoms with van der Waals surface area (Å²) in [5, 5.41) is 20.8. The molecule has 0 spiro atoms. The summed E-state index contributed by atoms with van der Waals surface area (Å²) in [6, 6.07) is 2.45. The molecule has 26 heavy (non-hydrogen) atoms. The number of nitro benzene ring substituents is 1. The van der Waals surface area contributed by atoms with Crippen LogP contribution in [0.4, 0.5) is 5.69 Å². The van der Waals surface area contributed by atoms with E-state index in [-0.39, 0.29) is 33.7 Å². The van der Waals surface area contributed by atoms with E-state index in [4.69, 9.17) is 21.7 Å². The number of esters is 1. The topological polar surface area (TPSA) is 119 Å². The highest BCUT2D eigenvalue weighted by Gasteiger charge is 2.34. The van der Waals surface area contributed by atoms with Crippen molar-refractivity contribution in [2.75, 3.05) is 20.3 Å². The van der Waals surface area contributed by atoms with Gasteiger partial charge in [-0.15, -0.1) is 0 Å². The molecule has 1 aromatic carbocycles. The Morgan fingerprint density at radius 3 is 2.77 bits per heavy atom. The monoisotopic (exact) mass is 398 g/mol. The van der Waals surface area contributed by atoms with E-state index in [9.17, 15) is 24.8 Å². The van der Waals surface area contributed by atoms with Gasteiger partial charge in [0.1, 0.15) is 10.9 Å². The van der Waals surface area contributed by atoms with Gasteiger partial charge >= 0.3 is 11.7 Å². The average Bonchev–Trinajstić information content (AvgIpc) is 2.83. The number of hydrogen-bond donors (Lipinski definition) is 1. The number of hydrogen-bond acceptors (Lipinski definition) is 9. The van der Waals surface area contributed by atoms with E-state index in [1.54, 1.807) is 6.92 Å². The highest BCUT2D eigenvalue weighted by Crippen LogP contribution is 2.39. The molecule has 1 saturated heterocycles. The van der Waals surface area contributed by atoms with Crippen LogP contribution in [-0.4, -0.2) is 51.4 Å². The van der Waals surface area contributed by atoms with Gasteiger partial charge in [0.05, 0.1) is 23.5 Å². The summed E-state index contributed by atoms with van der Waals surface area (Å²) in [4.78, 5) is 35.6. The fraction of sp³-hybridized carbons (Fsp3) is 0.267.